The monoisotopic (exact) mass is 290 g/mol. The van der Waals surface area contributed by atoms with E-state index in [0.717, 1.165) is 5.92 Å². The first-order chi connectivity index (χ1) is 10.1. The lowest BCUT2D eigenvalue weighted by Gasteiger charge is -2.36. The minimum atomic E-state index is 0.819. The summed E-state index contributed by atoms with van der Waals surface area (Å²) in [6.45, 7) is 17.1. The molecule has 2 rings (SSSR count). The molecule has 1 aromatic rings. The van der Waals surface area contributed by atoms with Crippen LogP contribution in [0.15, 0.2) is 24.3 Å². The topological polar surface area (TPSA) is 6.48 Å². The van der Waals surface area contributed by atoms with Crippen LogP contribution in [0, 0.1) is 12.8 Å². The average Bonchev–Trinajstić information content (AvgIpc) is 2.46. The van der Waals surface area contributed by atoms with Gasteiger partial charge in [0.15, 0.2) is 0 Å². The second-order valence-corrected chi connectivity index (χ2v) is 6.56. The molecule has 0 bridgehead atoms. The van der Waals surface area contributed by atoms with Crippen molar-refractivity contribution in [3.05, 3.63) is 29.8 Å². The molecule has 0 aliphatic carbocycles. The zero-order valence-corrected chi connectivity index (χ0v) is 14.7. The van der Waals surface area contributed by atoms with E-state index in [1.807, 2.05) is 0 Å². The molecule has 1 aliphatic rings. The summed E-state index contributed by atoms with van der Waals surface area (Å²) in [5.41, 5.74) is 2.74. The molecule has 0 saturated carbocycles. The molecule has 1 heterocycles. The minimum absolute atomic E-state index is 0.819. The summed E-state index contributed by atoms with van der Waals surface area (Å²) in [6, 6.07) is 8.86. The Balaban J connectivity index is 0.000000677. The predicted molar refractivity (Wildman–Crippen MR) is 95.3 cm³/mol. The molecule has 0 unspecified atom stereocenters. The van der Waals surface area contributed by atoms with Crippen LogP contribution in [-0.2, 0) is 0 Å². The van der Waals surface area contributed by atoms with Crippen molar-refractivity contribution in [2.24, 2.45) is 5.92 Å². The highest BCUT2D eigenvalue weighted by Crippen LogP contribution is 2.18. The van der Waals surface area contributed by atoms with Gasteiger partial charge in [0.2, 0.25) is 0 Å². The zero-order valence-electron chi connectivity index (χ0n) is 14.7. The molecular weight excluding hydrogens is 256 g/mol. The van der Waals surface area contributed by atoms with E-state index in [1.165, 1.54) is 56.8 Å². The maximum Gasteiger partial charge on any atom is 0.0369 e. The molecule has 1 fully saturated rings. The van der Waals surface area contributed by atoms with E-state index in [2.05, 4.69) is 68.7 Å². The van der Waals surface area contributed by atoms with Crippen molar-refractivity contribution in [1.82, 2.24) is 4.90 Å². The Morgan fingerprint density at radius 2 is 1.67 bits per heavy atom. The molecule has 1 saturated heterocycles. The molecule has 0 atom stereocenters. The molecule has 0 spiro atoms. The molecular formula is C19H34N2. The lowest BCUT2D eigenvalue weighted by molar-refractivity contribution is 0.243. The van der Waals surface area contributed by atoms with Gasteiger partial charge in [-0.1, -0.05) is 46.2 Å². The third-order valence-electron chi connectivity index (χ3n) is 3.76. The summed E-state index contributed by atoms with van der Waals surface area (Å²) >= 11 is 0. The summed E-state index contributed by atoms with van der Waals surface area (Å²) < 4.78 is 0. The number of aryl methyl sites for hydroxylation is 1. The fraction of sp³-hybridized carbons (Fsp3) is 0.684. The van der Waals surface area contributed by atoms with E-state index in [-0.39, 0.29) is 0 Å². The van der Waals surface area contributed by atoms with Gasteiger partial charge in [-0.25, -0.2) is 0 Å². The van der Waals surface area contributed by atoms with Crippen molar-refractivity contribution < 1.29 is 0 Å². The van der Waals surface area contributed by atoms with Crippen molar-refractivity contribution in [2.45, 2.75) is 47.5 Å². The van der Waals surface area contributed by atoms with Crippen molar-refractivity contribution in [3.8, 4) is 0 Å². The lowest BCUT2D eigenvalue weighted by Crippen LogP contribution is -2.46. The smallest absolute Gasteiger partial charge is 0.0369 e. The highest BCUT2D eigenvalue weighted by atomic mass is 15.3. The Morgan fingerprint density at radius 3 is 2.19 bits per heavy atom. The first-order valence-electron chi connectivity index (χ1n) is 8.60. The number of rotatable bonds is 4. The third-order valence-corrected chi connectivity index (χ3v) is 3.76. The number of anilines is 1. The Bertz CT molecular complexity index is 379. The van der Waals surface area contributed by atoms with Crippen LogP contribution in [0.4, 0.5) is 5.69 Å². The highest BCUT2D eigenvalue weighted by molar-refractivity contribution is 5.48. The van der Waals surface area contributed by atoms with Crippen molar-refractivity contribution in [1.29, 1.82) is 0 Å². The normalized spacial score (nSPS) is 15.8. The van der Waals surface area contributed by atoms with E-state index in [4.69, 9.17) is 0 Å². The lowest BCUT2D eigenvalue weighted by atomic mass is 10.1. The molecule has 120 valence electrons. The van der Waals surface area contributed by atoms with Crippen LogP contribution in [0.3, 0.4) is 0 Å². The van der Waals surface area contributed by atoms with Gasteiger partial charge < -0.3 is 4.90 Å². The van der Waals surface area contributed by atoms with Crippen LogP contribution >= 0.6 is 0 Å². The Labute approximate surface area is 132 Å². The van der Waals surface area contributed by atoms with Gasteiger partial charge in [0, 0.05) is 31.9 Å². The zero-order chi connectivity index (χ0) is 15.7. The maximum absolute atomic E-state index is 2.60. The summed E-state index contributed by atoms with van der Waals surface area (Å²) in [7, 11) is 0. The number of nitrogens with zero attached hydrogens (tertiary/aromatic N) is 2. The van der Waals surface area contributed by atoms with Crippen LogP contribution in [-0.4, -0.2) is 37.6 Å². The number of piperazine rings is 1. The second-order valence-electron chi connectivity index (χ2n) is 6.56. The molecule has 0 aromatic heterocycles. The van der Waals surface area contributed by atoms with Gasteiger partial charge >= 0.3 is 0 Å². The van der Waals surface area contributed by atoms with Crippen molar-refractivity contribution in [3.63, 3.8) is 0 Å². The maximum atomic E-state index is 2.60. The number of hydrogen-bond donors (Lipinski definition) is 0. The van der Waals surface area contributed by atoms with Crippen LogP contribution in [0.2, 0.25) is 0 Å². The predicted octanol–water partition coefficient (Wildman–Crippen LogP) is 4.58. The van der Waals surface area contributed by atoms with Crippen LogP contribution in [0.1, 0.15) is 46.1 Å². The van der Waals surface area contributed by atoms with E-state index >= 15 is 0 Å². The molecule has 1 aromatic carbocycles. The molecule has 21 heavy (non-hydrogen) atoms. The van der Waals surface area contributed by atoms with Crippen LogP contribution < -0.4 is 4.90 Å². The SMILES string of the molecule is CCC.Cc1cccc(N2CCN(CCC(C)C)CC2)c1. The largest absolute Gasteiger partial charge is 0.369 e. The van der Waals surface area contributed by atoms with Crippen molar-refractivity contribution >= 4 is 5.69 Å². The van der Waals surface area contributed by atoms with E-state index < -0.39 is 0 Å². The Kier molecular flexibility index (Phi) is 8.44. The van der Waals surface area contributed by atoms with Gasteiger partial charge in [-0.2, -0.15) is 0 Å². The van der Waals surface area contributed by atoms with Gasteiger partial charge in [0.1, 0.15) is 0 Å². The van der Waals surface area contributed by atoms with Gasteiger partial charge in [-0.3, -0.25) is 4.90 Å². The number of hydrogen-bond acceptors (Lipinski definition) is 2. The first-order valence-corrected chi connectivity index (χ1v) is 8.60. The second kappa shape index (κ2) is 9.83. The molecule has 0 amide bonds. The molecule has 0 radical (unpaired) electrons. The van der Waals surface area contributed by atoms with Gasteiger partial charge in [-0.15, -0.1) is 0 Å². The van der Waals surface area contributed by atoms with Crippen molar-refractivity contribution in [2.75, 3.05) is 37.6 Å². The van der Waals surface area contributed by atoms with Crippen LogP contribution in [0.5, 0.6) is 0 Å². The molecule has 0 N–H and O–H groups in total. The number of benzene rings is 1. The van der Waals surface area contributed by atoms with E-state index in [0.29, 0.717) is 0 Å². The summed E-state index contributed by atoms with van der Waals surface area (Å²) in [6.07, 6.45) is 2.57. The Hall–Kier alpha value is -1.02. The fourth-order valence-corrected chi connectivity index (χ4v) is 2.50. The minimum Gasteiger partial charge on any atom is -0.369 e. The summed E-state index contributed by atoms with van der Waals surface area (Å²) in [5, 5.41) is 0. The van der Waals surface area contributed by atoms with E-state index in [1.54, 1.807) is 0 Å². The summed E-state index contributed by atoms with van der Waals surface area (Å²) in [5.74, 6) is 0.819. The quantitative estimate of drug-likeness (QED) is 0.801. The first kappa shape index (κ1) is 18.0. The molecule has 2 nitrogen and oxygen atoms in total. The molecule has 1 aliphatic heterocycles. The standard InChI is InChI=1S/C16H26N2.C3H8/c1-14(2)7-8-17-9-11-18(12-10-17)16-6-4-5-15(3)13-16;1-3-2/h4-6,13-14H,7-12H2,1-3H3;3H2,1-2H3. The Morgan fingerprint density at radius 1 is 1.05 bits per heavy atom. The van der Waals surface area contributed by atoms with Gasteiger partial charge in [-0.05, 0) is 43.5 Å². The van der Waals surface area contributed by atoms with E-state index in [9.17, 15) is 0 Å². The highest BCUT2D eigenvalue weighted by Gasteiger charge is 2.16. The third kappa shape index (κ3) is 6.99. The van der Waals surface area contributed by atoms with Gasteiger partial charge in [0.25, 0.3) is 0 Å². The van der Waals surface area contributed by atoms with Crippen LogP contribution in [0.25, 0.3) is 0 Å². The average molecular weight is 290 g/mol. The van der Waals surface area contributed by atoms with Gasteiger partial charge in [0.05, 0.1) is 0 Å². The molecule has 2 heteroatoms. The fourth-order valence-electron chi connectivity index (χ4n) is 2.50. The summed E-state index contributed by atoms with van der Waals surface area (Å²) in [4.78, 5) is 5.12.